The van der Waals surface area contributed by atoms with Gasteiger partial charge < -0.3 is 10.1 Å². The van der Waals surface area contributed by atoms with Gasteiger partial charge in [0, 0.05) is 45.4 Å². The molecule has 2 aromatic rings. The van der Waals surface area contributed by atoms with Crippen LogP contribution in [0.15, 0.2) is 42.5 Å². The summed E-state index contributed by atoms with van der Waals surface area (Å²) in [5, 5.41) is 6.27. The van der Waals surface area contributed by atoms with Crippen molar-refractivity contribution >= 4 is 35.6 Å². The lowest BCUT2D eigenvalue weighted by atomic mass is 9.83. The van der Waals surface area contributed by atoms with Crippen LogP contribution in [0.4, 0.5) is 0 Å². The van der Waals surface area contributed by atoms with Gasteiger partial charge in [-0.25, -0.2) is 0 Å². The molecule has 25 heavy (non-hydrogen) atoms. The van der Waals surface area contributed by atoms with Gasteiger partial charge in [-0.15, -0.1) is 24.8 Å². The molecule has 0 unspecified atom stereocenters. The van der Waals surface area contributed by atoms with E-state index in [2.05, 4.69) is 52.7 Å². The topological polar surface area (TPSA) is 24.5 Å². The van der Waals surface area contributed by atoms with Crippen molar-refractivity contribution in [2.45, 2.75) is 18.9 Å². The van der Waals surface area contributed by atoms with Crippen LogP contribution >= 0.6 is 24.8 Å². The van der Waals surface area contributed by atoms with Gasteiger partial charge in [0.25, 0.3) is 0 Å². The third-order valence-corrected chi connectivity index (χ3v) is 5.40. The van der Waals surface area contributed by atoms with Crippen molar-refractivity contribution in [2.24, 2.45) is 5.92 Å². The van der Waals surface area contributed by atoms with Crippen molar-refractivity contribution in [3.63, 3.8) is 0 Å². The fourth-order valence-electron chi connectivity index (χ4n) is 4.25. The van der Waals surface area contributed by atoms with E-state index in [9.17, 15) is 0 Å². The number of halogens is 2. The van der Waals surface area contributed by atoms with Gasteiger partial charge in [-0.1, -0.05) is 42.5 Å². The van der Waals surface area contributed by atoms with Gasteiger partial charge in [0.15, 0.2) is 0 Å². The van der Waals surface area contributed by atoms with E-state index in [1.165, 1.54) is 29.2 Å². The van der Waals surface area contributed by atoms with Crippen LogP contribution in [0.2, 0.25) is 0 Å². The summed E-state index contributed by atoms with van der Waals surface area (Å²) < 4.78 is 5.63. The fraction of sp³-hybridized carbons (Fsp3) is 0.500. The van der Waals surface area contributed by atoms with Gasteiger partial charge in [-0.3, -0.25) is 4.90 Å². The molecule has 1 N–H and O–H groups in total. The van der Waals surface area contributed by atoms with Crippen LogP contribution < -0.4 is 5.32 Å². The van der Waals surface area contributed by atoms with Gasteiger partial charge in [0.05, 0.1) is 0 Å². The first-order valence-corrected chi connectivity index (χ1v) is 8.93. The maximum atomic E-state index is 5.63. The average molecular weight is 383 g/mol. The lowest BCUT2D eigenvalue weighted by Gasteiger charge is -2.41. The largest absolute Gasteiger partial charge is 0.381 e. The highest BCUT2D eigenvalue weighted by Gasteiger charge is 2.32. The lowest BCUT2D eigenvalue weighted by molar-refractivity contribution is 0.0217. The van der Waals surface area contributed by atoms with Gasteiger partial charge in [0.2, 0.25) is 0 Å². The molecule has 0 saturated carbocycles. The number of benzene rings is 2. The molecule has 2 aromatic carbocycles. The first kappa shape index (κ1) is 20.5. The first-order valence-electron chi connectivity index (χ1n) is 8.93. The Bertz CT molecular complexity index is 632. The van der Waals surface area contributed by atoms with Gasteiger partial charge in [-0.05, 0) is 35.1 Å². The Kier molecular flexibility index (Phi) is 7.98. The van der Waals surface area contributed by atoms with Gasteiger partial charge >= 0.3 is 0 Å². The van der Waals surface area contributed by atoms with Crippen molar-refractivity contribution in [3.05, 3.63) is 48.0 Å². The van der Waals surface area contributed by atoms with Crippen LogP contribution in [-0.4, -0.2) is 44.3 Å². The van der Waals surface area contributed by atoms with Crippen molar-refractivity contribution in [1.29, 1.82) is 0 Å². The fourth-order valence-corrected chi connectivity index (χ4v) is 4.25. The van der Waals surface area contributed by atoms with Crippen LogP contribution in [0.3, 0.4) is 0 Å². The van der Waals surface area contributed by atoms with Crippen LogP contribution in [0.1, 0.15) is 24.4 Å². The molecule has 5 heteroatoms. The van der Waals surface area contributed by atoms with E-state index in [-0.39, 0.29) is 24.8 Å². The maximum Gasteiger partial charge on any atom is 0.0469 e. The van der Waals surface area contributed by atoms with E-state index < -0.39 is 0 Å². The third kappa shape index (κ3) is 4.47. The highest BCUT2D eigenvalue weighted by molar-refractivity contribution is 5.86. The van der Waals surface area contributed by atoms with Crippen LogP contribution in [-0.2, 0) is 4.74 Å². The van der Waals surface area contributed by atoms with E-state index in [1.807, 2.05) is 0 Å². The van der Waals surface area contributed by atoms with E-state index in [0.717, 1.165) is 39.4 Å². The molecule has 0 radical (unpaired) electrons. The smallest absolute Gasteiger partial charge is 0.0469 e. The molecule has 2 heterocycles. The van der Waals surface area contributed by atoms with Gasteiger partial charge in [0.1, 0.15) is 0 Å². The lowest BCUT2D eigenvalue weighted by Crippen LogP contribution is -2.47. The van der Waals surface area contributed by atoms with Crippen LogP contribution in [0, 0.1) is 5.92 Å². The Morgan fingerprint density at radius 3 is 2.36 bits per heavy atom. The number of nitrogens with one attached hydrogen (secondary N) is 1. The Hall–Kier alpha value is -0.840. The normalized spacial score (nSPS) is 20.5. The number of nitrogens with zero attached hydrogens (tertiary/aromatic N) is 1. The zero-order chi connectivity index (χ0) is 15.5. The molecular weight excluding hydrogens is 355 g/mol. The van der Waals surface area contributed by atoms with E-state index in [1.54, 1.807) is 0 Å². The SMILES string of the molecule is Cl.Cl.c1ccc2c([C@@H](C3CCOCC3)N3CCNCC3)cccc2c1. The predicted molar refractivity (Wildman–Crippen MR) is 109 cm³/mol. The summed E-state index contributed by atoms with van der Waals surface area (Å²) in [6, 6.07) is 16.2. The molecule has 2 aliphatic heterocycles. The Morgan fingerprint density at radius 1 is 0.920 bits per heavy atom. The summed E-state index contributed by atoms with van der Waals surface area (Å²) in [4.78, 5) is 2.70. The quantitative estimate of drug-likeness (QED) is 0.865. The summed E-state index contributed by atoms with van der Waals surface area (Å²) in [7, 11) is 0. The second kappa shape index (κ2) is 9.75. The molecule has 0 spiro atoms. The summed E-state index contributed by atoms with van der Waals surface area (Å²) in [5.74, 6) is 0.702. The molecule has 3 nitrogen and oxygen atoms in total. The van der Waals surface area contributed by atoms with Crippen molar-refractivity contribution in [2.75, 3.05) is 39.4 Å². The molecule has 2 saturated heterocycles. The Balaban J connectivity index is 0.00000113. The minimum atomic E-state index is 0. The third-order valence-electron chi connectivity index (χ3n) is 5.40. The molecule has 138 valence electrons. The van der Waals surface area contributed by atoms with Crippen LogP contribution in [0.5, 0.6) is 0 Å². The van der Waals surface area contributed by atoms with E-state index >= 15 is 0 Å². The summed E-state index contributed by atoms with van der Waals surface area (Å²) >= 11 is 0. The summed E-state index contributed by atoms with van der Waals surface area (Å²) in [5.41, 5.74) is 1.51. The number of hydrogen-bond donors (Lipinski definition) is 1. The maximum absolute atomic E-state index is 5.63. The molecule has 2 aliphatic rings. The molecule has 2 fully saturated rings. The predicted octanol–water partition coefficient (Wildman–Crippen LogP) is 4.06. The molecule has 0 bridgehead atoms. The summed E-state index contributed by atoms with van der Waals surface area (Å²) in [6.45, 7) is 6.32. The highest BCUT2D eigenvalue weighted by atomic mass is 35.5. The second-order valence-electron chi connectivity index (χ2n) is 6.75. The molecule has 0 aromatic heterocycles. The Morgan fingerprint density at radius 2 is 1.60 bits per heavy atom. The minimum absolute atomic E-state index is 0. The Labute approximate surface area is 162 Å². The minimum Gasteiger partial charge on any atom is -0.381 e. The number of ether oxygens (including phenoxy) is 1. The monoisotopic (exact) mass is 382 g/mol. The molecule has 0 amide bonds. The molecule has 1 atom stereocenters. The zero-order valence-corrected chi connectivity index (χ0v) is 16.2. The zero-order valence-electron chi connectivity index (χ0n) is 14.5. The number of rotatable bonds is 3. The number of hydrogen-bond acceptors (Lipinski definition) is 3. The number of fused-ring (bicyclic) bond motifs is 1. The van der Waals surface area contributed by atoms with Crippen molar-refractivity contribution in [3.8, 4) is 0 Å². The van der Waals surface area contributed by atoms with Gasteiger partial charge in [-0.2, -0.15) is 0 Å². The molecule has 4 rings (SSSR count). The van der Waals surface area contributed by atoms with Crippen LogP contribution in [0.25, 0.3) is 10.8 Å². The first-order chi connectivity index (χ1) is 11.4. The second-order valence-corrected chi connectivity index (χ2v) is 6.75. The number of piperazine rings is 1. The van der Waals surface area contributed by atoms with E-state index in [0.29, 0.717) is 12.0 Å². The van der Waals surface area contributed by atoms with Crippen molar-refractivity contribution < 1.29 is 4.74 Å². The standard InChI is InChI=1S/C20H26N2O.2ClH/c1-2-6-18-16(4-1)5-3-7-19(18)20(17-8-14-23-15-9-17)22-12-10-21-11-13-22;;/h1-7,17,20-21H,8-15H2;2*1H/t20-;;/m1../s1. The molecular formula is C20H28Cl2N2O. The highest BCUT2D eigenvalue weighted by Crippen LogP contribution is 2.38. The van der Waals surface area contributed by atoms with Crippen molar-refractivity contribution in [1.82, 2.24) is 10.2 Å². The molecule has 0 aliphatic carbocycles. The average Bonchev–Trinajstić information content (AvgIpc) is 2.64. The summed E-state index contributed by atoms with van der Waals surface area (Å²) in [6.07, 6.45) is 2.36. The van der Waals surface area contributed by atoms with E-state index in [4.69, 9.17) is 4.74 Å².